The summed E-state index contributed by atoms with van der Waals surface area (Å²) in [7, 11) is 2.11. The van der Waals surface area contributed by atoms with Gasteiger partial charge in [0.05, 0.1) is 6.54 Å². The van der Waals surface area contributed by atoms with E-state index in [4.69, 9.17) is 0 Å². The first-order valence-corrected chi connectivity index (χ1v) is 10.5. The van der Waals surface area contributed by atoms with Crippen LogP contribution in [0.4, 0.5) is 0 Å². The van der Waals surface area contributed by atoms with Gasteiger partial charge < -0.3 is 15.1 Å². The van der Waals surface area contributed by atoms with E-state index in [0.717, 1.165) is 51.0 Å². The smallest absolute Gasteiger partial charge is 0.270 e. The van der Waals surface area contributed by atoms with Crippen LogP contribution in [0.1, 0.15) is 42.2 Å². The van der Waals surface area contributed by atoms with E-state index in [9.17, 15) is 9.59 Å². The average molecular weight is 398 g/mol. The summed E-state index contributed by atoms with van der Waals surface area (Å²) in [5, 5.41) is 3.05. The lowest BCUT2D eigenvalue weighted by Gasteiger charge is -2.36. The van der Waals surface area contributed by atoms with Crippen molar-refractivity contribution in [3.63, 3.8) is 0 Å². The molecule has 0 radical (unpaired) electrons. The number of likely N-dealkylation sites (tertiary alicyclic amines) is 1. The maximum absolute atomic E-state index is 12.6. The number of amides is 2. The molecule has 0 bridgehead atoms. The third kappa shape index (κ3) is 6.28. The molecule has 1 N–H and O–H groups in total. The molecule has 2 aliphatic rings. The van der Waals surface area contributed by atoms with Gasteiger partial charge in [0.15, 0.2) is 0 Å². The number of pyridine rings is 1. The number of nitrogens with zero attached hydrogens (tertiary/aromatic N) is 4. The average Bonchev–Trinajstić information content (AvgIpc) is 2.74. The molecule has 1 aromatic rings. The lowest BCUT2D eigenvalue weighted by atomic mass is 10.0. The Morgan fingerprint density at radius 3 is 2.48 bits per heavy atom. The summed E-state index contributed by atoms with van der Waals surface area (Å²) in [6.07, 6.45) is 3.98. The highest BCUT2D eigenvalue weighted by Crippen LogP contribution is 2.12. The van der Waals surface area contributed by atoms with Crippen LogP contribution in [0.2, 0.25) is 0 Å². The van der Waals surface area contributed by atoms with E-state index in [1.807, 2.05) is 17.9 Å². The number of aromatic nitrogens is 1. The van der Waals surface area contributed by atoms with Crippen LogP contribution in [0.25, 0.3) is 0 Å². The number of likely N-dealkylation sites (N-methyl/N-ethyl adjacent to an activating group) is 1. The third-order valence-electron chi connectivity index (χ3n) is 5.54. The fraction of sp³-hybridized carbons (Fsp3) is 0.591. The molecule has 0 atom stereocenters. The molecule has 0 unspecified atom stereocenters. The van der Waals surface area contributed by atoms with E-state index in [1.165, 1.54) is 0 Å². The van der Waals surface area contributed by atoms with Gasteiger partial charge in [-0.1, -0.05) is 18.8 Å². The zero-order chi connectivity index (χ0) is 20.6. The van der Waals surface area contributed by atoms with Crippen molar-refractivity contribution in [2.75, 3.05) is 52.9 Å². The highest BCUT2D eigenvalue weighted by atomic mass is 16.2. The number of nitrogens with one attached hydrogen (secondary N) is 1. The highest BCUT2D eigenvalue weighted by molar-refractivity contribution is 5.92. The van der Waals surface area contributed by atoms with Crippen LogP contribution in [0.5, 0.6) is 0 Å². The maximum atomic E-state index is 12.6. The first kappa shape index (κ1) is 21.3. The molecular weight excluding hydrogens is 366 g/mol. The van der Waals surface area contributed by atoms with Crippen molar-refractivity contribution < 1.29 is 9.59 Å². The Morgan fingerprint density at radius 1 is 1.14 bits per heavy atom. The molecule has 0 aliphatic carbocycles. The van der Waals surface area contributed by atoms with Crippen molar-refractivity contribution in [3.05, 3.63) is 29.6 Å². The Labute approximate surface area is 173 Å². The normalized spacial score (nSPS) is 18.8. The predicted molar refractivity (Wildman–Crippen MR) is 112 cm³/mol. The molecule has 29 heavy (non-hydrogen) atoms. The second-order valence-corrected chi connectivity index (χ2v) is 7.80. The molecule has 3 rings (SSSR count). The molecule has 2 aliphatic heterocycles. The summed E-state index contributed by atoms with van der Waals surface area (Å²) >= 11 is 0. The molecule has 2 saturated heterocycles. The second kappa shape index (κ2) is 10.4. The number of hydrogen-bond acceptors (Lipinski definition) is 5. The number of hydrogen-bond donors (Lipinski definition) is 1. The number of carbonyl (C=O) groups is 2. The first-order chi connectivity index (χ1) is 14.0. The quantitative estimate of drug-likeness (QED) is 0.762. The Balaban J connectivity index is 1.42. The largest absolute Gasteiger partial charge is 0.348 e. The van der Waals surface area contributed by atoms with Gasteiger partial charge in [0, 0.05) is 63.5 Å². The molecule has 2 fully saturated rings. The van der Waals surface area contributed by atoms with Crippen LogP contribution >= 0.6 is 0 Å². The minimum absolute atomic E-state index is 0.0801. The Kier molecular flexibility index (Phi) is 7.62. The molecule has 2 amide bonds. The van der Waals surface area contributed by atoms with E-state index >= 15 is 0 Å². The third-order valence-corrected chi connectivity index (χ3v) is 5.54. The van der Waals surface area contributed by atoms with Crippen LogP contribution in [0.3, 0.4) is 0 Å². The fourth-order valence-electron chi connectivity index (χ4n) is 3.62. The number of piperazine rings is 1. The molecule has 7 heteroatoms. The van der Waals surface area contributed by atoms with Gasteiger partial charge in [-0.2, -0.15) is 0 Å². The topological polar surface area (TPSA) is 68.8 Å². The summed E-state index contributed by atoms with van der Waals surface area (Å²) < 4.78 is 0. The SMILES string of the molecule is CCC#Cc1ccc(C(=O)NC2CCN(C(=O)CN3CCN(C)CC3)CC2)nc1. The van der Waals surface area contributed by atoms with Crippen LogP contribution < -0.4 is 5.32 Å². The van der Waals surface area contributed by atoms with E-state index in [1.54, 1.807) is 12.3 Å². The molecule has 156 valence electrons. The summed E-state index contributed by atoms with van der Waals surface area (Å²) in [6.45, 7) is 7.81. The van der Waals surface area contributed by atoms with Crippen molar-refractivity contribution in [2.45, 2.75) is 32.2 Å². The van der Waals surface area contributed by atoms with Gasteiger partial charge in [-0.25, -0.2) is 4.98 Å². The van der Waals surface area contributed by atoms with Crippen molar-refractivity contribution in [1.29, 1.82) is 0 Å². The fourth-order valence-corrected chi connectivity index (χ4v) is 3.62. The molecule has 1 aromatic heterocycles. The molecule has 3 heterocycles. The maximum Gasteiger partial charge on any atom is 0.270 e. The van der Waals surface area contributed by atoms with E-state index in [2.05, 4.69) is 39.0 Å². The molecule has 0 aromatic carbocycles. The van der Waals surface area contributed by atoms with E-state index in [0.29, 0.717) is 25.3 Å². The summed E-state index contributed by atoms with van der Waals surface area (Å²) in [4.78, 5) is 35.7. The van der Waals surface area contributed by atoms with Crippen molar-refractivity contribution in [3.8, 4) is 11.8 Å². The highest BCUT2D eigenvalue weighted by Gasteiger charge is 2.26. The van der Waals surface area contributed by atoms with E-state index < -0.39 is 0 Å². The van der Waals surface area contributed by atoms with Gasteiger partial charge in [0.25, 0.3) is 5.91 Å². The van der Waals surface area contributed by atoms with Gasteiger partial charge in [-0.15, -0.1) is 0 Å². The van der Waals surface area contributed by atoms with Gasteiger partial charge in [-0.05, 0) is 32.0 Å². The van der Waals surface area contributed by atoms with Crippen LogP contribution in [-0.2, 0) is 4.79 Å². The Hall–Kier alpha value is -2.43. The van der Waals surface area contributed by atoms with Gasteiger partial charge in [0.2, 0.25) is 5.91 Å². The summed E-state index contributed by atoms with van der Waals surface area (Å²) in [5.41, 5.74) is 1.22. The lowest BCUT2D eigenvalue weighted by Crippen LogP contribution is -2.51. The Morgan fingerprint density at radius 2 is 1.86 bits per heavy atom. The van der Waals surface area contributed by atoms with Gasteiger partial charge in [-0.3, -0.25) is 14.5 Å². The minimum Gasteiger partial charge on any atom is -0.348 e. The van der Waals surface area contributed by atoms with Crippen LogP contribution in [-0.4, -0.2) is 90.4 Å². The van der Waals surface area contributed by atoms with Crippen LogP contribution in [0.15, 0.2) is 18.3 Å². The number of rotatable bonds is 4. The standard InChI is InChI=1S/C22H31N5O2/c1-3-4-5-18-6-7-20(23-16-18)22(29)24-19-8-10-27(11-9-19)21(28)17-26-14-12-25(2)13-15-26/h6-7,16,19H,3,8-15,17H2,1-2H3,(H,24,29). The summed E-state index contributed by atoms with van der Waals surface area (Å²) in [5.74, 6) is 6.03. The zero-order valence-corrected chi connectivity index (χ0v) is 17.5. The zero-order valence-electron chi connectivity index (χ0n) is 17.5. The minimum atomic E-state index is -0.165. The number of carbonyl (C=O) groups excluding carboxylic acids is 2. The molecule has 0 spiro atoms. The van der Waals surface area contributed by atoms with E-state index in [-0.39, 0.29) is 17.9 Å². The summed E-state index contributed by atoms with van der Waals surface area (Å²) in [6, 6.07) is 3.62. The number of piperidine rings is 1. The van der Waals surface area contributed by atoms with Gasteiger partial charge >= 0.3 is 0 Å². The van der Waals surface area contributed by atoms with Crippen molar-refractivity contribution >= 4 is 11.8 Å². The van der Waals surface area contributed by atoms with Crippen molar-refractivity contribution in [1.82, 2.24) is 25.0 Å². The molecule has 7 nitrogen and oxygen atoms in total. The lowest BCUT2D eigenvalue weighted by molar-refractivity contribution is -0.133. The second-order valence-electron chi connectivity index (χ2n) is 7.80. The van der Waals surface area contributed by atoms with Crippen LogP contribution in [0, 0.1) is 11.8 Å². The monoisotopic (exact) mass is 397 g/mol. The Bertz CT molecular complexity index is 752. The van der Waals surface area contributed by atoms with Gasteiger partial charge in [0.1, 0.15) is 5.69 Å². The molecular formula is C22H31N5O2. The van der Waals surface area contributed by atoms with Crippen molar-refractivity contribution in [2.24, 2.45) is 0 Å². The predicted octanol–water partition coefficient (Wildman–Crippen LogP) is 0.811. The molecule has 0 saturated carbocycles. The first-order valence-electron chi connectivity index (χ1n) is 10.5.